The van der Waals surface area contributed by atoms with Gasteiger partial charge in [0.05, 0.1) is 50.7 Å². The highest BCUT2D eigenvalue weighted by Crippen LogP contribution is 2.37. The minimum atomic E-state index is 0.774. The Kier molecular flexibility index (Phi) is 6.68. The maximum absolute atomic E-state index is 5.17. The second kappa shape index (κ2) is 11.6. The van der Waals surface area contributed by atoms with Crippen molar-refractivity contribution in [3.8, 4) is 56.4 Å². The molecule has 0 radical (unpaired) electrons. The smallest absolute Gasteiger partial charge is 0.0978 e. The van der Waals surface area contributed by atoms with E-state index in [2.05, 4.69) is 76.7 Å². The molecule has 9 aromatic rings. The minimum absolute atomic E-state index is 0.774. The molecular formula is C42H26N6. The van der Waals surface area contributed by atoms with Gasteiger partial charge in [0.25, 0.3) is 0 Å². The molecule has 0 aliphatic heterocycles. The maximum Gasteiger partial charge on any atom is 0.0978 e. The molecule has 0 bridgehead atoms. The van der Waals surface area contributed by atoms with Gasteiger partial charge >= 0.3 is 0 Å². The van der Waals surface area contributed by atoms with Gasteiger partial charge in [-0.25, -0.2) is 15.0 Å². The van der Waals surface area contributed by atoms with Gasteiger partial charge in [-0.2, -0.15) is 0 Å². The van der Waals surface area contributed by atoms with Crippen LogP contribution in [-0.2, 0) is 0 Å². The van der Waals surface area contributed by atoms with Crippen LogP contribution in [0.5, 0.6) is 0 Å². The standard InChI is InChI=1S/C42H26N6/c1-2-10-27(11-3-1)40-31-12-4-5-13-33(31)47-42-32(40)19-16-28-17-21-37(48-41(28)42)36-20-18-29(26-45-36)30-24-38(34-14-6-8-22-43-34)46-39(25-30)35-15-7-9-23-44-35/h1-26H. The van der Waals surface area contributed by atoms with E-state index in [9.17, 15) is 0 Å². The van der Waals surface area contributed by atoms with Crippen LogP contribution in [0.15, 0.2) is 158 Å². The zero-order valence-electron chi connectivity index (χ0n) is 25.7. The predicted octanol–water partition coefficient (Wildman–Crippen LogP) is 9.85. The Morgan fingerprint density at radius 2 is 1.02 bits per heavy atom. The summed E-state index contributed by atoms with van der Waals surface area (Å²) in [5, 5.41) is 3.23. The lowest BCUT2D eigenvalue weighted by Gasteiger charge is -2.13. The van der Waals surface area contributed by atoms with Gasteiger partial charge in [-0.15, -0.1) is 0 Å². The SMILES string of the molecule is c1ccc(-c2c3ccccc3nc3c2ccc2ccc(-c4ccc(-c5cc(-c6ccccn6)nc(-c6ccccn6)c5)cn4)nc23)cc1. The molecular weight excluding hydrogens is 589 g/mol. The second-order valence-electron chi connectivity index (χ2n) is 11.6. The first-order valence-electron chi connectivity index (χ1n) is 15.8. The number of para-hydroxylation sites is 1. The van der Waals surface area contributed by atoms with E-state index in [1.165, 1.54) is 5.56 Å². The van der Waals surface area contributed by atoms with E-state index in [-0.39, 0.29) is 0 Å². The Labute approximate surface area is 276 Å². The third-order valence-electron chi connectivity index (χ3n) is 8.61. The summed E-state index contributed by atoms with van der Waals surface area (Å²) in [6.45, 7) is 0. The van der Waals surface area contributed by atoms with Crippen molar-refractivity contribution in [1.29, 1.82) is 0 Å². The summed E-state index contributed by atoms with van der Waals surface area (Å²) in [5.41, 5.74) is 11.7. The summed E-state index contributed by atoms with van der Waals surface area (Å²) in [6.07, 6.45) is 5.45. The zero-order valence-corrected chi connectivity index (χ0v) is 25.7. The molecule has 0 saturated carbocycles. The van der Waals surface area contributed by atoms with Crippen LogP contribution in [0.3, 0.4) is 0 Å². The molecule has 0 amide bonds. The topological polar surface area (TPSA) is 77.3 Å². The molecule has 0 unspecified atom stereocenters. The van der Waals surface area contributed by atoms with E-state index in [1.807, 2.05) is 79.0 Å². The van der Waals surface area contributed by atoms with Gasteiger partial charge in [0.1, 0.15) is 0 Å². The Morgan fingerprint density at radius 1 is 0.354 bits per heavy atom. The Hall–Kier alpha value is -6.66. The van der Waals surface area contributed by atoms with Crippen LogP contribution in [0.1, 0.15) is 0 Å². The lowest BCUT2D eigenvalue weighted by molar-refractivity contribution is 1.22. The molecule has 6 heteroatoms. The first-order chi connectivity index (χ1) is 23.8. The van der Waals surface area contributed by atoms with Gasteiger partial charge in [-0.1, -0.05) is 84.9 Å². The van der Waals surface area contributed by atoms with Crippen LogP contribution in [0.4, 0.5) is 0 Å². The zero-order chi connectivity index (χ0) is 31.9. The molecule has 0 N–H and O–H groups in total. The van der Waals surface area contributed by atoms with Gasteiger partial charge in [-0.3, -0.25) is 15.0 Å². The maximum atomic E-state index is 5.17. The van der Waals surface area contributed by atoms with Gasteiger partial charge in [-0.05, 0) is 65.7 Å². The van der Waals surface area contributed by atoms with Crippen LogP contribution in [0, 0.1) is 0 Å². The second-order valence-corrected chi connectivity index (χ2v) is 11.6. The first-order valence-corrected chi connectivity index (χ1v) is 15.8. The van der Waals surface area contributed by atoms with Crippen LogP contribution in [0.25, 0.3) is 89.1 Å². The molecule has 0 aliphatic rings. The van der Waals surface area contributed by atoms with Crippen molar-refractivity contribution in [3.05, 3.63) is 158 Å². The molecule has 48 heavy (non-hydrogen) atoms. The van der Waals surface area contributed by atoms with Crippen LogP contribution < -0.4 is 0 Å². The number of nitrogens with zero attached hydrogens (tertiary/aromatic N) is 6. The number of benzene rings is 3. The summed E-state index contributed by atoms with van der Waals surface area (Å²) in [4.78, 5) is 29.2. The summed E-state index contributed by atoms with van der Waals surface area (Å²) in [7, 11) is 0. The predicted molar refractivity (Wildman–Crippen MR) is 193 cm³/mol. The highest BCUT2D eigenvalue weighted by molar-refractivity contribution is 6.16. The number of rotatable bonds is 5. The van der Waals surface area contributed by atoms with Crippen molar-refractivity contribution in [1.82, 2.24) is 29.9 Å². The first kappa shape index (κ1) is 27.6. The number of hydrogen-bond donors (Lipinski definition) is 0. The van der Waals surface area contributed by atoms with Crippen LogP contribution in [0.2, 0.25) is 0 Å². The van der Waals surface area contributed by atoms with E-state index in [0.717, 1.165) is 83.6 Å². The molecule has 6 aromatic heterocycles. The number of pyridine rings is 6. The van der Waals surface area contributed by atoms with Gasteiger partial charge < -0.3 is 0 Å². The van der Waals surface area contributed by atoms with Crippen molar-refractivity contribution in [2.75, 3.05) is 0 Å². The van der Waals surface area contributed by atoms with E-state index in [1.54, 1.807) is 12.4 Å². The Bertz CT molecular complexity index is 2530. The van der Waals surface area contributed by atoms with Crippen LogP contribution >= 0.6 is 0 Å². The quantitative estimate of drug-likeness (QED) is 0.142. The minimum Gasteiger partial charge on any atom is -0.255 e. The third-order valence-corrected chi connectivity index (χ3v) is 8.61. The van der Waals surface area contributed by atoms with Crippen molar-refractivity contribution in [2.24, 2.45) is 0 Å². The summed E-state index contributed by atoms with van der Waals surface area (Å²) in [6, 6.07) is 47.1. The van der Waals surface area contributed by atoms with Crippen molar-refractivity contribution in [3.63, 3.8) is 0 Å². The average molecular weight is 615 g/mol. The molecule has 0 atom stereocenters. The van der Waals surface area contributed by atoms with E-state index >= 15 is 0 Å². The van der Waals surface area contributed by atoms with Crippen LogP contribution in [-0.4, -0.2) is 29.9 Å². The van der Waals surface area contributed by atoms with Crippen molar-refractivity contribution in [2.45, 2.75) is 0 Å². The highest BCUT2D eigenvalue weighted by Gasteiger charge is 2.16. The van der Waals surface area contributed by atoms with E-state index in [0.29, 0.717) is 0 Å². The normalized spacial score (nSPS) is 11.3. The largest absolute Gasteiger partial charge is 0.255 e. The molecule has 3 aromatic carbocycles. The lowest BCUT2D eigenvalue weighted by Crippen LogP contribution is -1.95. The molecule has 0 aliphatic carbocycles. The number of hydrogen-bond acceptors (Lipinski definition) is 6. The van der Waals surface area contributed by atoms with Gasteiger partial charge in [0, 0.05) is 45.9 Å². The fraction of sp³-hybridized carbons (Fsp3) is 0. The Morgan fingerprint density at radius 3 is 1.73 bits per heavy atom. The fourth-order valence-corrected chi connectivity index (χ4v) is 6.30. The monoisotopic (exact) mass is 614 g/mol. The molecule has 6 nitrogen and oxygen atoms in total. The summed E-state index contributed by atoms with van der Waals surface area (Å²) >= 11 is 0. The van der Waals surface area contributed by atoms with Crippen molar-refractivity contribution < 1.29 is 0 Å². The van der Waals surface area contributed by atoms with Gasteiger partial charge in [0.2, 0.25) is 0 Å². The van der Waals surface area contributed by atoms with E-state index < -0.39 is 0 Å². The average Bonchev–Trinajstić information content (AvgIpc) is 3.17. The van der Waals surface area contributed by atoms with Crippen molar-refractivity contribution >= 4 is 32.7 Å². The number of fused-ring (bicyclic) bond motifs is 4. The number of aromatic nitrogens is 6. The van der Waals surface area contributed by atoms with E-state index in [4.69, 9.17) is 19.9 Å². The fourth-order valence-electron chi connectivity index (χ4n) is 6.30. The molecule has 6 heterocycles. The molecule has 224 valence electrons. The summed E-state index contributed by atoms with van der Waals surface area (Å²) in [5.74, 6) is 0. The molecule has 0 saturated heterocycles. The molecule has 0 spiro atoms. The third kappa shape index (κ3) is 4.93. The molecule has 0 fully saturated rings. The Balaban J connectivity index is 1.16. The van der Waals surface area contributed by atoms with Gasteiger partial charge in [0.15, 0.2) is 0 Å². The molecule has 9 rings (SSSR count). The highest BCUT2D eigenvalue weighted by atomic mass is 14.8. The summed E-state index contributed by atoms with van der Waals surface area (Å²) < 4.78 is 0. The lowest BCUT2D eigenvalue weighted by atomic mass is 9.95.